The third kappa shape index (κ3) is 2.69. The highest BCUT2D eigenvalue weighted by atomic mass is 28.1. The van der Waals surface area contributed by atoms with E-state index in [1.54, 1.807) is 0 Å². The Balaban J connectivity index is 2.13. The van der Waals surface area contributed by atoms with Crippen molar-refractivity contribution in [3.8, 4) is 0 Å². The summed E-state index contributed by atoms with van der Waals surface area (Å²) in [6, 6.07) is 0. The van der Waals surface area contributed by atoms with Gasteiger partial charge in [-0.15, -0.1) is 5.70 Å². The van der Waals surface area contributed by atoms with Gasteiger partial charge in [0.25, 0.3) is 0 Å². The fourth-order valence-corrected chi connectivity index (χ4v) is 2.02. The summed E-state index contributed by atoms with van der Waals surface area (Å²) in [6.45, 7) is 0. The molecule has 0 bridgehead atoms. The highest BCUT2D eigenvalue weighted by Crippen LogP contribution is 2.26. The minimum absolute atomic E-state index is 1.04. The first kappa shape index (κ1) is 8.06. The van der Waals surface area contributed by atoms with Crippen molar-refractivity contribution >= 4 is 10.2 Å². The first-order chi connectivity index (χ1) is 4.93. The Hall–Kier alpha value is -0.0431. The van der Waals surface area contributed by atoms with E-state index < -0.39 is 0 Å². The van der Waals surface area contributed by atoms with Gasteiger partial charge in [-0.1, -0.05) is 38.2 Å². The maximum Gasteiger partial charge on any atom is 0.0287 e. The maximum absolute atomic E-state index is 2.38. The quantitative estimate of drug-likeness (QED) is 0.532. The molecule has 10 heavy (non-hydrogen) atoms. The van der Waals surface area contributed by atoms with Crippen LogP contribution in [0.4, 0.5) is 0 Å². The van der Waals surface area contributed by atoms with Crippen molar-refractivity contribution in [2.75, 3.05) is 0 Å². The molecule has 0 spiro atoms. The molecule has 0 heterocycles. The first-order valence-corrected chi connectivity index (χ1v) is 5.70. The summed E-state index contributed by atoms with van der Waals surface area (Å²) in [6.07, 6.45) is 11.2. The zero-order valence-electron chi connectivity index (χ0n) is 6.97. The molecule has 0 saturated heterocycles. The summed E-state index contributed by atoms with van der Waals surface area (Å²) in [5.41, 5.74) is 2.31. The Kier molecular flexibility index (Phi) is 3.81. The third-order valence-corrected chi connectivity index (χ3v) is 2.90. The average Bonchev–Trinajstić information content (AvgIpc) is 2.03. The summed E-state index contributed by atoms with van der Waals surface area (Å²) in [7, 11) is 1.24. The van der Waals surface area contributed by atoms with Crippen LogP contribution >= 0.6 is 0 Å². The van der Waals surface area contributed by atoms with E-state index in [0.29, 0.717) is 0 Å². The molecule has 1 rings (SSSR count). The summed E-state index contributed by atoms with van der Waals surface area (Å²) in [5, 5.41) is 0. The Morgan fingerprint density at radius 2 is 1.90 bits per heavy atom. The monoisotopic (exact) mass is 154 g/mol. The van der Waals surface area contributed by atoms with Gasteiger partial charge in [-0.2, -0.15) is 0 Å². The van der Waals surface area contributed by atoms with Crippen molar-refractivity contribution in [3.05, 3.63) is 11.8 Å². The van der Waals surface area contributed by atoms with Gasteiger partial charge < -0.3 is 0 Å². The van der Waals surface area contributed by atoms with Gasteiger partial charge >= 0.3 is 0 Å². The van der Waals surface area contributed by atoms with Crippen LogP contribution in [0, 0.1) is 5.92 Å². The smallest absolute Gasteiger partial charge is 0.0287 e. The van der Waals surface area contributed by atoms with Gasteiger partial charge in [0.15, 0.2) is 0 Å². The van der Waals surface area contributed by atoms with Crippen LogP contribution in [-0.4, -0.2) is 10.2 Å². The lowest BCUT2D eigenvalue weighted by Crippen LogP contribution is -2.04. The first-order valence-electron chi connectivity index (χ1n) is 4.54. The Labute approximate surface area is 67.1 Å². The van der Waals surface area contributed by atoms with Crippen LogP contribution in [0.15, 0.2) is 11.8 Å². The Morgan fingerprint density at radius 1 is 1.20 bits per heavy atom. The molecule has 0 aromatic rings. The molecular weight excluding hydrogens is 136 g/mol. The zero-order chi connectivity index (χ0) is 7.23. The van der Waals surface area contributed by atoms with Gasteiger partial charge in [-0.05, 0) is 12.3 Å². The van der Waals surface area contributed by atoms with Gasteiger partial charge in [-0.3, -0.25) is 0 Å². The molecule has 1 saturated carbocycles. The molecule has 0 atom stereocenters. The summed E-state index contributed by atoms with van der Waals surface area (Å²) < 4.78 is 0. The molecule has 0 unspecified atom stereocenters. The van der Waals surface area contributed by atoms with Gasteiger partial charge in [0.1, 0.15) is 0 Å². The number of allylic oxidation sites excluding steroid dienone is 1. The van der Waals surface area contributed by atoms with Crippen LogP contribution in [0.5, 0.6) is 0 Å². The van der Waals surface area contributed by atoms with Crippen LogP contribution in [0.1, 0.15) is 38.5 Å². The molecule has 0 radical (unpaired) electrons. The van der Waals surface area contributed by atoms with E-state index in [9.17, 15) is 0 Å². The zero-order valence-corrected chi connectivity index (χ0v) is 8.97. The number of hydrogen-bond donors (Lipinski definition) is 0. The van der Waals surface area contributed by atoms with Crippen LogP contribution < -0.4 is 0 Å². The van der Waals surface area contributed by atoms with Crippen LogP contribution in [0.3, 0.4) is 0 Å². The standard InChI is InChI=1S/C9H18Si/c10-8-4-7-9-5-2-1-3-6-9/h4,8-9H,1-3,5-7H2,10H3. The Bertz CT molecular complexity index is 101. The minimum atomic E-state index is 1.04. The SMILES string of the molecule is [SiH3]C=CCC1CCCCC1. The molecule has 1 heteroatoms. The van der Waals surface area contributed by atoms with E-state index in [2.05, 4.69) is 11.8 Å². The van der Waals surface area contributed by atoms with Crippen LogP contribution in [0.2, 0.25) is 0 Å². The molecule has 58 valence electrons. The van der Waals surface area contributed by atoms with E-state index in [-0.39, 0.29) is 0 Å². The lowest BCUT2D eigenvalue weighted by atomic mass is 9.87. The van der Waals surface area contributed by atoms with Gasteiger partial charge in [0.05, 0.1) is 0 Å². The second kappa shape index (κ2) is 4.72. The normalized spacial score (nSPS) is 22.4. The topological polar surface area (TPSA) is 0 Å². The average molecular weight is 154 g/mol. The minimum Gasteiger partial charge on any atom is -0.109 e. The predicted molar refractivity (Wildman–Crippen MR) is 50.3 cm³/mol. The lowest BCUT2D eigenvalue weighted by Gasteiger charge is -2.19. The number of hydrogen-bond acceptors (Lipinski definition) is 0. The van der Waals surface area contributed by atoms with Gasteiger partial charge in [0.2, 0.25) is 0 Å². The lowest BCUT2D eigenvalue weighted by molar-refractivity contribution is 0.361. The van der Waals surface area contributed by atoms with Crippen LogP contribution in [0.25, 0.3) is 0 Å². The van der Waals surface area contributed by atoms with Gasteiger partial charge in [-0.25, -0.2) is 0 Å². The molecule has 0 aliphatic heterocycles. The van der Waals surface area contributed by atoms with Crippen molar-refractivity contribution in [2.45, 2.75) is 38.5 Å². The van der Waals surface area contributed by atoms with Crippen molar-refractivity contribution in [2.24, 2.45) is 5.92 Å². The molecule has 0 amide bonds. The second-order valence-electron chi connectivity index (χ2n) is 3.31. The predicted octanol–water partition coefficient (Wildman–Crippen LogP) is 1.84. The second-order valence-corrected chi connectivity index (χ2v) is 3.98. The molecule has 0 N–H and O–H groups in total. The molecule has 0 aromatic carbocycles. The Morgan fingerprint density at radius 3 is 2.50 bits per heavy atom. The van der Waals surface area contributed by atoms with Gasteiger partial charge in [0, 0.05) is 10.2 Å². The highest BCUT2D eigenvalue weighted by Gasteiger charge is 2.10. The van der Waals surface area contributed by atoms with E-state index in [4.69, 9.17) is 0 Å². The molecule has 1 aliphatic carbocycles. The molecule has 0 aromatic heterocycles. The van der Waals surface area contributed by atoms with E-state index in [1.807, 2.05) is 0 Å². The van der Waals surface area contributed by atoms with Crippen molar-refractivity contribution in [1.82, 2.24) is 0 Å². The van der Waals surface area contributed by atoms with E-state index in [1.165, 1.54) is 48.8 Å². The highest BCUT2D eigenvalue weighted by molar-refractivity contribution is 6.16. The van der Waals surface area contributed by atoms with Crippen molar-refractivity contribution in [1.29, 1.82) is 0 Å². The molecule has 0 nitrogen and oxygen atoms in total. The summed E-state index contributed by atoms with van der Waals surface area (Å²) >= 11 is 0. The third-order valence-electron chi connectivity index (χ3n) is 2.43. The fourth-order valence-electron chi connectivity index (χ4n) is 1.75. The molecule has 1 aliphatic rings. The fraction of sp³-hybridized carbons (Fsp3) is 0.778. The largest absolute Gasteiger partial charge is 0.109 e. The van der Waals surface area contributed by atoms with Crippen molar-refractivity contribution in [3.63, 3.8) is 0 Å². The van der Waals surface area contributed by atoms with Crippen LogP contribution in [-0.2, 0) is 0 Å². The summed E-state index contributed by atoms with van der Waals surface area (Å²) in [5.74, 6) is 1.04. The maximum atomic E-state index is 2.38. The molecular formula is C9H18Si. The van der Waals surface area contributed by atoms with Crippen molar-refractivity contribution < 1.29 is 0 Å². The van der Waals surface area contributed by atoms with E-state index >= 15 is 0 Å². The number of rotatable bonds is 2. The summed E-state index contributed by atoms with van der Waals surface area (Å²) in [4.78, 5) is 0. The molecule has 1 fully saturated rings. The van der Waals surface area contributed by atoms with E-state index in [0.717, 1.165) is 5.92 Å².